The Kier molecular flexibility index (Phi) is 3.01. The van der Waals surface area contributed by atoms with E-state index in [-0.39, 0.29) is 6.54 Å². The average Bonchev–Trinajstić information content (AvgIpc) is 2.04. The molecule has 13 heavy (non-hydrogen) atoms. The van der Waals surface area contributed by atoms with Crippen molar-refractivity contribution in [3.63, 3.8) is 0 Å². The van der Waals surface area contributed by atoms with Gasteiger partial charge in [0.2, 0.25) is 0 Å². The lowest BCUT2D eigenvalue weighted by atomic mass is 9.69. The maximum atomic E-state index is 13.7. The zero-order chi connectivity index (χ0) is 10.1. The zero-order valence-electron chi connectivity index (χ0n) is 9.07. The summed E-state index contributed by atoms with van der Waals surface area (Å²) in [7, 11) is 0. The van der Waals surface area contributed by atoms with Crippen molar-refractivity contribution < 1.29 is 4.39 Å². The molecule has 0 bridgehead atoms. The molecule has 0 aromatic heterocycles. The van der Waals surface area contributed by atoms with Crippen LogP contribution in [0, 0.1) is 11.3 Å². The summed E-state index contributed by atoms with van der Waals surface area (Å²) >= 11 is 0. The first kappa shape index (κ1) is 11.0. The summed E-state index contributed by atoms with van der Waals surface area (Å²) in [6.45, 7) is 6.92. The Balaban J connectivity index is 2.48. The summed E-state index contributed by atoms with van der Waals surface area (Å²) in [5, 5.41) is 0. The van der Waals surface area contributed by atoms with Gasteiger partial charge in [0.05, 0.1) is 0 Å². The molecule has 2 heteroatoms. The molecule has 0 saturated heterocycles. The number of alkyl halides is 1. The van der Waals surface area contributed by atoms with Crippen molar-refractivity contribution in [2.75, 3.05) is 6.54 Å². The molecule has 1 aliphatic rings. The van der Waals surface area contributed by atoms with Gasteiger partial charge in [0.25, 0.3) is 0 Å². The monoisotopic (exact) mass is 187 g/mol. The first-order valence-corrected chi connectivity index (χ1v) is 5.26. The molecule has 0 aromatic carbocycles. The molecule has 1 fully saturated rings. The molecule has 2 N–H and O–H groups in total. The predicted octanol–water partition coefficient (Wildman–Crippen LogP) is 2.89. The van der Waals surface area contributed by atoms with Crippen molar-refractivity contribution in [2.24, 2.45) is 17.1 Å². The van der Waals surface area contributed by atoms with Gasteiger partial charge in [-0.3, -0.25) is 0 Å². The van der Waals surface area contributed by atoms with E-state index < -0.39 is 5.67 Å². The molecule has 0 unspecified atom stereocenters. The van der Waals surface area contributed by atoms with Crippen LogP contribution in [0.1, 0.15) is 46.5 Å². The van der Waals surface area contributed by atoms with Crippen LogP contribution in [0.3, 0.4) is 0 Å². The van der Waals surface area contributed by atoms with Crippen molar-refractivity contribution in [1.82, 2.24) is 0 Å². The van der Waals surface area contributed by atoms with E-state index in [9.17, 15) is 4.39 Å². The fraction of sp³-hybridized carbons (Fsp3) is 1.00. The molecule has 0 spiro atoms. The van der Waals surface area contributed by atoms with E-state index in [0.717, 1.165) is 12.8 Å². The highest BCUT2D eigenvalue weighted by atomic mass is 19.1. The summed E-state index contributed by atoms with van der Waals surface area (Å²) in [6, 6.07) is 0. The van der Waals surface area contributed by atoms with Crippen LogP contribution in [0.5, 0.6) is 0 Å². The van der Waals surface area contributed by atoms with Crippen LogP contribution in [0.25, 0.3) is 0 Å². The smallest absolute Gasteiger partial charge is 0.123 e. The minimum atomic E-state index is -1.05. The quantitative estimate of drug-likeness (QED) is 0.671. The van der Waals surface area contributed by atoms with E-state index >= 15 is 0 Å². The third-order valence-corrected chi connectivity index (χ3v) is 3.47. The molecule has 1 aliphatic carbocycles. The predicted molar refractivity (Wildman–Crippen MR) is 54.3 cm³/mol. The molecule has 0 aromatic rings. The third-order valence-electron chi connectivity index (χ3n) is 3.47. The van der Waals surface area contributed by atoms with Gasteiger partial charge in [-0.25, -0.2) is 4.39 Å². The largest absolute Gasteiger partial charge is 0.328 e. The summed E-state index contributed by atoms with van der Waals surface area (Å²) < 4.78 is 13.7. The van der Waals surface area contributed by atoms with Crippen LogP contribution in [0.4, 0.5) is 4.39 Å². The Hall–Kier alpha value is -0.110. The minimum absolute atomic E-state index is 0.198. The number of nitrogens with two attached hydrogens (primary N) is 1. The van der Waals surface area contributed by atoms with Gasteiger partial charge in [-0.2, -0.15) is 0 Å². The third kappa shape index (κ3) is 2.67. The second kappa shape index (κ2) is 3.56. The SMILES string of the molecule is CC(C)(C)C1CCC(F)(CN)CC1. The lowest BCUT2D eigenvalue weighted by Crippen LogP contribution is -2.39. The second-order valence-electron chi connectivity index (χ2n) is 5.50. The van der Waals surface area contributed by atoms with Gasteiger partial charge >= 0.3 is 0 Å². The lowest BCUT2D eigenvalue weighted by Gasteiger charge is -2.39. The van der Waals surface area contributed by atoms with E-state index in [0.29, 0.717) is 24.2 Å². The van der Waals surface area contributed by atoms with Gasteiger partial charge in [0.15, 0.2) is 0 Å². The van der Waals surface area contributed by atoms with Crippen LogP contribution in [0.15, 0.2) is 0 Å². The summed E-state index contributed by atoms with van der Waals surface area (Å²) in [4.78, 5) is 0. The molecule has 1 nitrogen and oxygen atoms in total. The molecule has 0 aliphatic heterocycles. The van der Waals surface area contributed by atoms with Crippen molar-refractivity contribution >= 4 is 0 Å². The Labute approximate surface area is 80.9 Å². The van der Waals surface area contributed by atoms with Crippen LogP contribution < -0.4 is 5.73 Å². The second-order valence-corrected chi connectivity index (χ2v) is 5.50. The van der Waals surface area contributed by atoms with Crippen LogP contribution in [-0.2, 0) is 0 Å². The van der Waals surface area contributed by atoms with E-state index in [1.165, 1.54) is 0 Å². The molecule has 1 rings (SSSR count). The van der Waals surface area contributed by atoms with Crippen LogP contribution in [-0.4, -0.2) is 12.2 Å². The molecule has 0 heterocycles. The van der Waals surface area contributed by atoms with Crippen molar-refractivity contribution in [3.05, 3.63) is 0 Å². The Morgan fingerprint density at radius 2 is 1.77 bits per heavy atom. The van der Waals surface area contributed by atoms with E-state index in [1.54, 1.807) is 0 Å². The minimum Gasteiger partial charge on any atom is -0.328 e. The Morgan fingerprint density at radius 3 is 2.08 bits per heavy atom. The van der Waals surface area contributed by atoms with Crippen LogP contribution in [0.2, 0.25) is 0 Å². The highest BCUT2D eigenvalue weighted by molar-refractivity contribution is 4.89. The number of halogens is 1. The first-order valence-electron chi connectivity index (χ1n) is 5.26. The highest BCUT2D eigenvalue weighted by Gasteiger charge is 2.37. The fourth-order valence-electron chi connectivity index (χ4n) is 2.21. The maximum absolute atomic E-state index is 13.7. The normalized spacial score (nSPS) is 36.2. The van der Waals surface area contributed by atoms with Crippen molar-refractivity contribution in [2.45, 2.75) is 52.1 Å². The number of rotatable bonds is 1. The van der Waals surface area contributed by atoms with Gasteiger partial charge in [-0.1, -0.05) is 20.8 Å². The Morgan fingerprint density at radius 1 is 1.31 bits per heavy atom. The first-order chi connectivity index (χ1) is 5.87. The fourth-order valence-corrected chi connectivity index (χ4v) is 2.21. The zero-order valence-corrected chi connectivity index (χ0v) is 9.07. The number of hydrogen-bond donors (Lipinski definition) is 1. The molecule has 0 atom stereocenters. The molecular weight excluding hydrogens is 165 g/mol. The lowest BCUT2D eigenvalue weighted by molar-refractivity contribution is 0.0560. The summed E-state index contributed by atoms with van der Waals surface area (Å²) in [5.74, 6) is 0.669. The van der Waals surface area contributed by atoms with E-state index in [4.69, 9.17) is 5.73 Å². The molecule has 0 radical (unpaired) electrons. The van der Waals surface area contributed by atoms with Gasteiger partial charge < -0.3 is 5.73 Å². The Bertz CT molecular complexity index is 163. The molecule has 0 amide bonds. The molecule has 1 saturated carbocycles. The average molecular weight is 187 g/mol. The van der Waals surface area contributed by atoms with Gasteiger partial charge in [-0.05, 0) is 37.0 Å². The summed E-state index contributed by atoms with van der Waals surface area (Å²) in [5.41, 5.74) is 4.69. The summed E-state index contributed by atoms with van der Waals surface area (Å²) in [6.07, 6.45) is 3.31. The van der Waals surface area contributed by atoms with E-state index in [1.807, 2.05) is 0 Å². The molecular formula is C11H22FN. The standard InChI is InChI=1S/C11H22FN/c1-10(2,3)9-4-6-11(12,8-13)7-5-9/h9H,4-8,13H2,1-3H3. The number of hydrogen-bond acceptors (Lipinski definition) is 1. The van der Waals surface area contributed by atoms with Crippen molar-refractivity contribution in [1.29, 1.82) is 0 Å². The van der Waals surface area contributed by atoms with Gasteiger partial charge in [-0.15, -0.1) is 0 Å². The van der Waals surface area contributed by atoms with Crippen molar-refractivity contribution in [3.8, 4) is 0 Å². The topological polar surface area (TPSA) is 26.0 Å². The van der Waals surface area contributed by atoms with E-state index in [2.05, 4.69) is 20.8 Å². The van der Waals surface area contributed by atoms with Gasteiger partial charge in [0, 0.05) is 6.54 Å². The highest BCUT2D eigenvalue weighted by Crippen LogP contribution is 2.42. The van der Waals surface area contributed by atoms with Gasteiger partial charge in [0.1, 0.15) is 5.67 Å². The molecule has 78 valence electrons. The maximum Gasteiger partial charge on any atom is 0.123 e. The van der Waals surface area contributed by atoms with Crippen LogP contribution >= 0.6 is 0 Å².